The van der Waals surface area contributed by atoms with Crippen LogP contribution < -0.4 is 0 Å². The Labute approximate surface area is 182 Å². The van der Waals surface area contributed by atoms with Crippen molar-refractivity contribution in [2.45, 2.75) is 102 Å². The highest BCUT2D eigenvalue weighted by Gasteiger charge is 2.47. The lowest BCUT2D eigenvalue weighted by Crippen LogP contribution is -2.27. The molecule has 1 saturated carbocycles. The molecule has 30 heavy (non-hydrogen) atoms. The highest BCUT2D eigenvalue weighted by Crippen LogP contribution is 2.47. The molecule has 2 heterocycles. The summed E-state index contributed by atoms with van der Waals surface area (Å²) in [7, 11) is -2.91. The lowest BCUT2D eigenvalue weighted by Gasteiger charge is -2.27. The predicted octanol–water partition coefficient (Wildman–Crippen LogP) is 5.15. The van der Waals surface area contributed by atoms with Crippen molar-refractivity contribution in [3.63, 3.8) is 0 Å². The number of carboxylic acids is 1. The number of carbonyl (C=O) groups is 1. The minimum Gasteiger partial charge on any atom is -0.481 e. The van der Waals surface area contributed by atoms with Gasteiger partial charge in [0.25, 0.3) is 0 Å². The summed E-state index contributed by atoms with van der Waals surface area (Å²) in [5, 5.41) is 8.71. The Balaban J connectivity index is 1.36. The number of aliphatic carboxylic acids is 1. The van der Waals surface area contributed by atoms with Crippen molar-refractivity contribution < 1.29 is 23.1 Å². The molecule has 4 atom stereocenters. The van der Waals surface area contributed by atoms with Gasteiger partial charge in [-0.3, -0.25) is 4.79 Å². The highest BCUT2D eigenvalue weighted by molar-refractivity contribution is 7.91. The van der Waals surface area contributed by atoms with E-state index in [9.17, 15) is 13.2 Å². The van der Waals surface area contributed by atoms with Crippen LogP contribution in [-0.2, 0) is 19.4 Å². The molecular weight excluding hydrogens is 400 g/mol. The molecular formula is C24H40O5S. The monoisotopic (exact) mass is 440 g/mol. The second kappa shape index (κ2) is 11.7. The first-order valence-corrected chi connectivity index (χ1v) is 14.0. The quantitative estimate of drug-likeness (QED) is 0.316. The van der Waals surface area contributed by atoms with Crippen LogP contribution in [0.2, 0.25) is 0 Å². The van der Waals surface area contributed by atoms with Crippen molar-refractivity contribution >= 4 is 15.8 Å². The van der Waals surface area contributed by atoms with Crippen molar-refractivity contribution in [1.82, 2.24) is 0 Å². The van der Waals surface area contributed by atoms with E-state index in [1.807, 2.05) is 0 Å². The van der Waals surface area contributed by atoms with Crippen LogP contribution in [-0.4, -0.2) is 43.2 Å². The average Bonchev–Trinajstić information content (AvgIpc) is 3.30. The highest BCUT2D eigenvalue weighted by atomic mass is 32.2. The maximum Gasteiger partial charge on any atom is 0.303 e. The number of rotatable bonds is 13. The molecule has 172 valence electrons. The van der Waals surface area contributed by atoms with Gasteiger partial charge in [-0.15, -0.1) is 0 Å². The Morgan fingerprint density at radius 3 is 2.40 bits per heavy atom. The van der Waals surface area contributed by atoms with Gasteiger partial charge in [0.15, 0.2) is 9.84 Å². The molecule has 0 amide bonds. The zero-order valence-corrected chi connectivity index (χ0v) is 19.2. The molecule has 6 heteroatoms. The van der Waals surface area contributed by atoms with Crippen molar-refractivity contribution in [3.05, 3.63) is 12.2 Å². The molecule has 0 aromatic rings. The maximum absolute atomic E-state index is 12.5. The van der Waals surface area contributed by atoms with Gasteiger partial charge in [0.1, 0.15) is 0 Å². The Bertz CT molecular complexity index is 665. The third kappa shape index (κ3) is 7.37. The fourth-order valence-electron chi connectivity index (χ4n) is 5.84. The molecule has 0 spiro atoms. The second-order valence-electron chi connectivity index (χ2n) is 9.73. The summed E-state index contributed by atoms with van der Waals surface area (Å²) >= 11 is 0. The van der Waals surface area contributed by atoms with Gasteiger partial charge in [0, 0.05) is 6.42 Å². The maximum atomic E-state index is 12.5. The predicted molar refractivity (Wildman–Crippen MR) is 119 cm³/mol. The lowest BCUT2D eigenvalue weighted by atomic mass is 9.75. The van der Waals surface area contributed by atoms with Crippen LogP contribution in [0.3, 0.4) is 0 Å². The third-order valence-corrected chi connectivity index (χ3v) is 9.27. The first-order valence-electron chi connectivity index (χ1n) is 12.2. The molecule has 5 nitrogen and oxygen atoms in total. The average molecular weight is 441 g/mol. The van der Waals surface area contributed by atoms with Gasteiger partial charge in [-0.05, 0) is 75.5 Å². The van der Waals surface area contributed by atoms with E-state index < -0.39 is 15.8 Å². The minimum absolute atomic E-state index is 0.230. The number of sulfone groups is 1. The van der Waals surface area contributed by atoms with Gasteiger partial charge in [0.05, 0.1) is 23.7 Å². The van der Waals surface area contributed by atoms with Crippen LogP contribution in [0.1, 0.15) is 89.9 Å². The summed E-state index contributed by atoms with van der Waals surface area (Å²) in [4.78, 5) is 10.6. The van der Waals surface area contributed by atoms with E-state index in [-0.39, 0.29) is 6.42 Å². The van der Waals surface area contributed by atoms with Crippen LogP contribution in [0.5, 0.6) is 0 Å². The number of ether oxygens (including phenoxy) is 1. The van der Waals surface area contributed by atoms with Gasteiger partial charge < -0.3 is 9.84 Å². The van der Waals surface area contributed by atoms with E-state index >= 15 is 0 Å². The van der Waals surface area contributed by atoms with Gasteiger partial charge in [0.2, 0.25) is 0 Å². The number of carboxylic acid groups (broad SMARTS) is 1. The zero-order valence-electron chi connectivity index (χ0n) is 18.3. The van der Waals surface area contributed by atoms with Gasteiger partial charge in [-0.2, -0.15) is 0 Å². The van der Waals surface area contributed by atoms with Gasteiger partial charge in [-0.1, -0.05) is 37.8 Å². The molecule has 2 bridgehead atoms. The Morgan fingerprint density at radius 1 is 0.933 bits per heavy atom. The number of hydrogen-bond acceptors (Lipinski definition) is 4. The fraction of sp³-hybridized carbons (Fsp3) is 0.875. The van der Waals surface area contributed by atoms with Crippen molar-refractivity contribution in [1.29, 1.82) is 0 Å². The van der Waals surface area contributed by atoms with Gasteiger partial charge in [-0.25, -0.2) is 8.42 Å². The normalized spacial score (nSPS) is 29.7. The molecule has 3 rings (SSSR count). The molecule has 0 radical (unpaired) electrons. The molecule has 1 N–H and O–H groups in total. The van der Waals surface area contributed by atoms with E-state index in [0.29, 0.717) is 47.9 Å². The van der Waals surface area contributed by atoms with Crippen molar-refractivity contribution in [3.8, 4) is 0 Å². The summed E-state index contributed by atoms with van der Waals surface area (Å²) in [5.74, 6) is 1.51. The molecule has 0 unspecified atom stereocenters. The SMILES string of the molecule is O=C(O)CCC/C=C\C[C@@H]1[C@H](CCCCS(=O)(=O)CC2CCCCC2)[C@@H]2CC[C@H]1O2. The van der Waals surface area contributed by atoms with Crippen LogP contribution in [0.25, 0.3) is 0 Å². The molecule has 1 aliphatic carbocycles. The summed E-state index contributed by atoms with van der Waals surface area (Å²) in [6.07, 6.45) is 18.7. The smallest absolute Gasteiger partial charge is 0.303 e. The second-order valence-corrected chi connectivity index (χ2v) is 12.0. The Hall–Kier alpha value is -0.880. The van der Waals surface area contributed by atoms with E-state index in [2.05, 4.69) is 12.2 Å². The molecule has 2 saturated heterocycles. The first-order chi connectivity index (χ1) is 14.4. The van der Waals surface area contributed by atoms with E-state index in [4.69, 9.17) is 9.84 Å². The zero-order chi connectivity index (χ0) is 21.4. The minimum atomic E-state index is -2.91. The van der Waals surface area contributed by atoms with E-state index in [1.54, 1.807) is 0 Å². The number of hydrogen-bond donors (Lipinski definition) is 1. The molecule has 0 aromatic carbocycles. The Morgan fingerprint density at radius 2 is 1.67 bits per heavy atom. The first kappa shape index (κ1) is 23.8. The molecule has 3 fully saturated rings. The lowest BCUT2D eigenvalue weighted by molar-refractivity contribution is -0.137. The molecule has 2 aliphatic heterocycles. The Kier molecular flexibility index (Phi) is 9.24. The summed E-state index contributed by atoms with van der Waals surface area (Å²) in [6, 6.07) is 0. The van der Waals surface area contributed by atoms with Crippen molar-refractivity contribution in [2.24, 2.45) is 17.8 Å². The topological polar surface area (TPSA) is 80.7 Å². The van der Waals surface area contributed by atoms with Crippen LogP contribution in [0, 0.1) is 17.8 Å². The molecule has 3 aliphatic rings. The van der Waals surface area contributed by atoms with Crippen LogP contribution in [0.15, 0.2) is 12.2 Å². The third-order valence-electron chi connectivity index (χ3n) is 7.38. The number of fused-ring (bicyclic) bond motifs is 2. The largest absolute Gasteiger partial charge is 0.481 e. The van der Waals surface area contributed by atoms with Crippen LogP contribution >= 0.6 is 0 Å². The fourth-order valence-corrected chi connectivity index (χ4v) is 7.70. The molecule has 0 aromatic heterocycles. The van der Waals surface area contributed by atoms with Gasteiger partial charge >= 0.3 is 5.97 Å². The van der Waals surface area contributed by atoms with E-state index in [0.717, 1.165) is 57.8 Å². The number of unbranched alkanes of at least 4 members (excludes halogenated alkanes) is 2. The van der Waals surface area contributed by atoms with E-state index in [1.165, 1.54) is 19.3 Å². The van der Waals surface area contributed by atoms with Crippen molar-refractivity contribution in [2.75, 3.05) is 11.5 Å². The summed E-state index contributed by atoms with van der Waals surface area (Å²) in [5.41, 5.74) is 0. The number of allylic oxidation sites excluding steroid dienone is 2. The standard InChI is InChI=1S/C24H40O5S/c25-24(26)14-7-2-1-6-12-20-21(23-16-15-22(20)29-23)13-8-9-17-30(27,28)18-19-10-4-3-5-11-19/h1,6,19-23H,2-5,7-18H2,(H,25,26)/b6-1-/t20-,21+,22-,23+/m1/s1. The van der Waals surface area contributed by atoms with Crippen LogP contribution in [0.4, 0.5) is 0 Å². The summed E-state index contributed by atoms with van der Waals surface area (Å²) in [6.45, 7) is 0. The summed E-state index contributed by atoms with van der Waals surface area (Å²) < 4.78 is 31.1.